The standard InChI is InChI=1S/C24H30N2O3/c1-29-15-14-25-23(27)17-20-10-7-13-22(16-20)26(18-19-8-3-2-4-9-19)24(28)21-11-5-6-12-21/h2-4,7-10,13,16,21H,5-6,11-12,14-15,17-18H2,1H3,(H,25,27). The van der Waals surface area contributed by atoms with Gasteiger partial charge in [0.25, 0.3) is 0 Å². The van der Waals surface area contributed by atoms with Crippen LogP contribution in [0.1, 0.15) is 36.8 Å². The molecule has 154 valence electrons. The minimum atomic E-state index is -0.0454. The van der Waals surface area contributed by atoms with Crippen LogP contribution in [0.15, 0.2) is 54.6 Å². The van der Waals surface area contributed by atoms with Gasteiger partial charge < -0.3 is 15.0 Å². The predicted molar refractivity (Wildman–Crippen MR) is 115 cm³/mol. The van der Waals surface area contributed by atoms with Crippen LogP contribution >= 0.6 is 0 Å². The summed E-state index contributed by atoms with van der Waals surface area (Å²) in [5, 5.41) is 2.84. The van der Waals surface area contributed by atoms with Gasteiger partial charge in [0.2, 0.25) is 11.8 Å². The Balaban J connectivity index is 1.77. The molecule has 1 saturated carbocycles. The number of ether oxygens (including phenoxy) is 1. The Hall–Kier alpha value is -2.66. The van der Waals surface area contributed by atoms with Crippen LogP contribution in [0.5, 0.6) is 0 Å². The van der Waals surface area contributed by atoms with E-state index < -0.39 is 0 Å². The number of anilines is 1. The second-order valence-electron chi connectivity index (χ2n) is 7.58. The van der Waals surface area contributed by atoms with E-state index in [0.717, 1.165) is 42.5 Å². The molecule has 2 aromatic rings. The van der Waals surface area contributed by atoms with E-state index in [2.05, 4.69) is 5.32 Å². The van der Waals surface area contributed by atoms with Gasteiger partial charge in [-0.1, -0.05) is 55.3 Å². The first-order chi connectivity index (χ1) is 14.2. The zero-order chi connectivity index (χ0) is 20.5. The summed E-state index contributed by atoms with van der Waals surface area (Å²) in [5.41, 5.74) is 2.85. The van der Waals surface area contributed by atoms with Crippen LogP contribution in [0.4, 0.5) is 5.69 Å². The second kappa shape index (κ2) is 10.8. The zero-order valence-electron chi connectivity index (χ0n) is 17.1. The molecule has 1 aliphatic rings. The number of benzene rings is 2. The number of carbonyl (C=O) groups excluding carboxylic acids is 2. The van der Waals surface area contributed by atoms with Crippen molar-refractivity contribution in [3.8, 4) is 0 Å². The second-order valence-corrected chi connectivity index (χ2v) is 7.58. The van der Waals surface area contributed by atoms with Gasteiger partial charge in [0.15, 0.2) is 0 Å². The monoisotopic (exact) mass is 394 g/mol. The van der Waals surface area contributed by atoms with Gasteiger partial charge in [-0.25, -0.2) is 0 Å². The number of hydrogen-bond acceptors (Lipinski definition) is 3. The highest BCUT2D eigenvalue weighted by Gasteiger charge is 2.28. The Morgan fingerprint density at radius 3 is 2.48 bits per heavy atom. The van der Waals surface area contributed by atoms with E-state index in [1.165, 1.54) is 0 Å². The number of methoxy groups -OCH3 is 1. The van der Waals surface area contributed by atoms with Crippen LogP contribution in [0.2, 0.25) is 0 Å². The van der Waals surface area contributed by atoms with Crippen LogP contribution < -0.4 is 10.2 Å². The largest absolute Gasteiger partial charge is 0.383 e. The molecule has 29 heavy (non-hydrogen) atoms. The van der Waals surface area contributed by atoms with Crippen LogP contribution in [0.25, 0.3) is 0 Å². The maximum absolute atomic E-state index is 13.3. The van der Waals surface area contributed by atoms with Gasteiger partial charge in [0.1, 0.15) is 0 Å². The molecule has 1 fully saturated rings. The molecule has 0 aromatic heterocycles. The van der Waals surface area contributed by atoms with Crippen LogP contribution in [-0.2, 0) is 27.3 Å². The predicted octanol–water partition coefficient (Wildman–Crippen LogP) is 3.72. The average molecular weight is 395 g/mol. The third-order valence-electron chi connectivity index (χ3n) is 5.37. The zero-order valence-corrected chi connectivity index (χ0v) is 17.1. The van der Waals surface area contributed by atoms with Gasteiger partial charge in [-0.2, -0.15) is 0 Å². The van der Waals surface area contributed by atoms with Crippen LogP contribution in [-0.4, -0.2) is 32.1 Å². The lowest BCUT2D eigenvalue weighted by Crippen LogP contribution is -2.35. The molecule has 5 nitrogen and oxygen atoms in total. The average Bonchev–Trinajstić information content (AvgIpc) is 3.28. The third kappa shape index (κ3) is 6.16. The molecule has 0 bridgehead atoms. The van der Waals surface area contributed by atoms with Crippen molar-refractivity contribution in [1.29, 1.82) is 0 Å². The van der Waals surface area contributed by atoms with Crippen molar-refractivity contribution in [3.63, 3.8) is 0 Å². The molecular weight excluding hydrogens is 364 g/mol. The molecule has 2 aromatic carbocycles. The van der Waals surface area contributed by atoms with Gasteiger partial charge in [-0.3, -0.25) is 9.59 Å². The highest BCUT2D eigenvalue weighted by Crippen LogP contribution is 2.30. The Kier molecular flexibility index (Phi) is 7.82. The molecule has 1 aliphatic carbocycles. The van der Waals surface area contributed by atoms with Crippen molar-refractivity contribution < 1.29 is 14.3 Å². The van der Waals surface area contributed by atoms with Gasteiger partial charge in [-0.15, -0.1) is 0 Å². The first-order valence-corrected chi connectivity index (χ1v) is 10.4. The quantitative estimate of drug-likeness (QED) is 0.660. The van der Waals surface area contributed by atoms with Gasteiger partial charge in [0, 0.05) is 25.3 Å². The number of nitrogens with zero attached hydrogens (tertiary/aromatic N) is 1. The summed E-state index contributed by atoms with van der Waals surface area (Å²) in [6.45, 7) is 1.53. The third-order valence-corrected chi connectivity index (χ3v) is 5.37. The first kappa shape index (κ1) is 21.1. The van der Waals surface area contributed by atoms with E-state index >= 15 is 0 Å². The van der Waals surface area contributed by atoms with Gasteiger partial charge in [0.05, 0.1) is 19.6 Å². The summed E-state index contributed by atoms with van der Waals surface area (Å²) < 4.78 is 4.97. The lowest BCUT2D eigenvalue weighted by Gasteiger charge is -2.26. The molecule has 5 heteroatoms. The van der Waals surface area contributed by atoms with Crippen LogP contribution in [0, 0.1) is 5.92 Å². The summed E-state index contributed by atoms with van der Waals surface area (Å²) >= 11 is 0. The molecule has 2 amide bonds. The van der Waals surface area contributed by atoms with E-state index in [1.807, 2.05) is 59.5 Å². The van der Waals surface area contributed by atoms with Crippen molar-refractivity contribution in [1.82, 2.24) is 5.32 Å². The molecule has 3 rings (SSSR count). The highest BCUT2D eigenvalue weighted by atomic mass is 16.5. The summed E-state index contributed by atoms with van der Waals surface area (Å²) in [5.74, 6) is 0.240. The number of nitrogens with one attached hydrogen (secondary N) is 1. The number of amides is 2. The summed E-state index contributed by atoms with van der Waals surface area (Å²) in [6, 6.07) is 17.8. The fourth-order valence-electron chi connectivity index (χ4n) is 3.83. The fraction of sp³-hybridized carbons (Fsp3) is 0.417. The Morgan fingerprint density at radius 2 is 1.76 bits per heavy atom. The van der Waals surface area contributed by atoms with E-state index in [0.29, 0.717) is 19.7 Å². The van der Waals surface area contributed by atoms with Gasteiger partial charge in [-0.05, 0) is 36.1 Å². The minimum Gasteiger partial charge on any atom is -0.383 e. The highest BCUT2D eigenvalue weighted by molar-refractivity contribution is 5.95. The molecule has 0 radical (unpaired) electrons. The van der Waals surface area contributed by atoms with Crippen molar-refractivity contribution in [2.75, 3.05) is 25.2 Å². The van der Waals surface area contributed by atoms with E-state index in [9.17, 15) is 9.59 Å². The van der Waals surface area contributed by atoms with E-state index in [-0.39, 0.29) is 24.2 Å². The number of rotatable bonds is 9. The minimum absolute atomic E-state index is 0.0454. The normalized spacial score (nSPS) is 14.0. The molecule has 0 spiro atoms. The number of hydrogen-bond donors (Lipinski definition) is 1. The molecule has 0 atom stereocenters. The smallest absolute Gasteiger partial charge is 0.230 e. The molecule has 0 aliphatic heterocycles. The molecule has 0 unspecified atom stereocenters. The van der Waals surface area contributed by atoms with E-state index in [4.69, 9.17) is 4.74 Å². The summed E-state index contributed by atoms with van der Waals surface area (Å²) in [4.78, 5) is 27.3. The van der Waals surface area contributed by atoms with Crippen LogP contribution in [0.3, 0.4) is 0 Å². The molecule has 1 N–H and O–H groups in total. The lowest BCUT2D eigenvalue weighted by atomic mass is 10.0. The molecule has 0 heterocycles. The molecule has 0 saturated heterocycles. The van der Waals surface area contributed by atoms with Crippen molar-refractivity contribution in [3.05, 3.63) is 65.7 Å². The Labute approximate surface area is 173 Å². The Morgan fingerprint density at radius 1 is 1.03 bits per heavy atom. The first-order valence-electron chi connectivity index (χ1n) is 10.4. The Bertz CT molecular complexity index is 801. The van der Waals surface area contributed by atoms with Gasteiger partial charge >= 0.3 is 0 Å². The number of carbonyl (C=O) groups is 2. The fourth-order valence-corrected chi connectivity index (χ4v) is 3.83. The lowest BCUT2D eigenvalue weighted by molar-refractivity contribution is -0.122. The molecular formula is C24H30N2O3. The maximum atomic E-state index is 13.3. The van der Waals surface area contributed by atoms with Crippen molar-refractivity contribution in [2.24, 2.45) is 5.92 Å². The van der Waals surface area contributed by atoms with Crippen molar-refractivity contribution >= 4 is 17.5 Å². The maximum Gasteiger partial charge on any atom is 0.230 e. The summed E-state index contributed by atoms with van der Waals surface area (Å²) in [7, 11) is 1.61. The van der Waals surface area contributed by atoms with Crippen molar-refractivity contribution in [2.45, 2.75) is 38.6 Å². The summed E-state index contributed by atoms with van der Waals surface area (Å²) in [6.07, 6.45) is 4.46. The topological polar surface area (TPSA) is 58.6 Å². The van der Waals surface area contributed by atoms with E-state index in [1.54, 1.807) is 7.11 Å². The SMILES string of the molecule is COCCNC(=O)Cc1cccc(N(Cc2ccccc2)C(=O)C2CCCC2)c1.